The fourth-order valence-electron chi connectivity index (χ4n) is 0.764. The number of nitrogens with one attached hydrogen (secondary N) is 1. The highest BCUT2D eigenvalue weighted by atomic mass is 16.1. The predicted octanol–water partition coefficient (Wildman–Crippen LogP) is 2.44. The van der Waals surface area contributed by atoms with Crippen molar-refractivity contribution < 1.29 is 4.79 Å². The van der Waals surface area contributed by atoms with Crippen molar-refractivity contribution in [1.29, 1.82) is 0 Å². The van der Waals surface area contributed by atoms with Gasteiger partial charge in [0, 0.05) is 12.5 Å². The molecule has 0 fully saturated rings. The molecule has 0 saturated carbocycles. The molecule has 13 heavy (non-hydrogen) atoms. The molecule has 0 saturated heterocycles. The van der Waals surface area contributed by atoms with Crippen molar-refractivity contribution in [3.05, 3.63) is 0 Å². The van der Waals surface area contributed by atoms with E-state index in [9.17, 15) is 4.79 Å². The Hall–Kier alpha value is -0.530. The number of carbonyl (C=O) groups is 1. The molecule has 1 unspecified atom stereocenters. The van der Waals surface area contributed by atoms with Gasteiger partial charge in [0.05, 0.1) is 0 Å². The van der Waals surface area contributed by atoms with E-state index < -0.39 is 0 Å². The summed E-state index contributed by atoms with van der Waals surface area (Å²) in [6, 6.07) is 0. The summed E-state index contributed by atoms with van der Waals surface area (Å²) in [6.07, 6.45) is 0. The minimum Gasteiger partial charge on any atom is -0.356 e. The van der Waals surface area contributed by atoms with Crippen molar-refractivity contribution in [3.8, 4) is 0 Å². The van der Waals surface area contributed by atoms with Crippen LogP contribution in [0.25, 0.3) is 0 Å². The zero-order chi connectivity index (χ0) is 10.6. The maximum Gasteiger partial charge on any atom is 0.222 e. The maximum absolute atomic E-state index is 11.3. The van der Waals surface area contributed by atoms with E-state index in [1.165, 1.54) is 0 Å². The number of hydrogen-bond donors (Lipinski definition) is 1. The Morgan fingerprint density at radius 1 is 1.23 bits per heavy atom. The maximum atomic E-state index is 11.3. The normalized spacial score (nSPS) is 14.4. The van der Waals surface area contributed by atoms with Crippen molar-refractivity contribution in [2.75, 3.05) is 6.54 Å². The first-order chi connectivity index (χ1) is 5.75. The predicted molar refractivity (Wildman–Crippen MR) is 56.5 cm³/mol. The number of rotatable bonds is 3. The third kappa shape index (κ3) is 4.91. The van der Waals surface area contributed by atoms with E-state index >= 15 is 0 Å². The Kier molecular flexibility index (Phi) is 4.45. The molecule has 0 rings (SSSR count). The van der Waals surface area contributed by atoms with Gasteiger partial charge in [-0.3, -0.25) is 4.79 Å². The van der Waals surface area contributed by atoms with Crippen molar-refractivity contribution in [2.45, 2.75) is 41.5 Å². The van der Waals surface area contributed by atoms with Crippen LogP contribution in [0.2, 0.25) is 0 Å². The molecule has 0 bridgehead atoms. The Morgan fingerprint density at radius 2 is 1.69 bits per heavy atom. The highest BCUT2D eigenvalue weighted by molar-refractivity contribution is 5.77. The number of hydrogen-bond acceptors (Lipinski definition) is 1. The van der Waals surface area contributed by atoms with Crippen LogP contribution in [0.1, 0.15) is 41.5 Å². The van der Waals surface area contributed by atoms with Gasteiger partial charge < -0.3 is 5.32 Å². The average molecular weight is 185 g/mol. The Morgan fingerprint density at radius 3 is 2.00 bits per heavy atom. The van der Waals surface area contributed by atoms with Gasteiger partial charge in [-0.1, -0.05) is 41.5 Å². The summed E-state index contributed by atoms with van der Waals surface area (Å²) in [5, 5.41) is 2.95. The first-order valence-corrected chi connectivity index (χ1v) is 5.03. The number of carbonyl (C=O) groups excluding carboxylic acids is 1. The van der Waals surface area contributed by atoms with Crippen molar-refractivity contribution in [1.82, 2.24) is 5.32 Å². The molecule has 0 aliphatic carbocycles. The molecule has 78 valence electrons. The molecule has 0 spiro atoms. The lowest BCUT2D eigenvalue weighted by Gasteiger charge is -2.27. The lowest BCUT2D eigenvalue weighted by molar-refractivity contribution is -0.124. The zero-order valence-corrected chi connectivity index (χ0v) is 9.77. The molecule has 0 aromatic heterocycles. The van der Waals surface area contributed by atoms with Gasteiger partial charge in [-0.25, -0.2) is 0 Å². The SMILES string of the molecule is CC(C)C(=O)NCC(C)C(C)(C)C. The Labute approximate surface area is 82.1 Å². The van der Waals surface area contributed by atoms with Crippen molar-refractivity contribution in [3.63, 3.8) is 0 Å². The molecule has 2 nitrogen and oxygen atoms in total. The molecule has 0 radical (unpaired) electrons. The summed E-state index contributed by atoms with van der Waals surface area (Å²) in [6.45, 7) is 13.4. The van der Waals surface area contributed by atoms with E-state index in [1.807, 2.05) is 13.8 Å². The Balaban J connectivity index is 3.84. The van der Waals surface area contributed by atoms with Gasteiger partial charge in [0.25, 0.3) is 0 Å². The van der Waals surface area contributed by atoms with Crippen LogP contribution >= 0.6 is 0 Å². The van der Waals surface area contributed by atoms with Crippen molar-refractivity contribution >= 4 is 5.91 Å². The zero-order valence-electron chi connectivity index (χ0n) is 9.77. The van der Waals surface area contributed by atoms with Gasteiger partial charge >= 0.3 is 0 Å². The smallest absolute Gasteiger partial charge is 0.222 e. The quantitative estimate of drug-likeness (QED) is 0.719. The molecule has 1 atom stereocenters. The van der Waals surface area contributed by atoms with E-state index in [-0.39, 0.29) is 17.2 Å². The second-order valence-electron chi connectivity index (χ2n) is 5.17. The molecule has 0 aliphatic rings. The van der Waals surface area contributed by atoms with Crippen LogP contribution in [0.15, 0.2) is 0 Å². The standard InChI is InChI=1S/C11H23NO/c1-8(2)10(13)12-7-9(3)11(4,5)6/h8-9H,7H2,1-6H3,(H,12,13). The summed E-state index contributed by atoms with van der Waals surface area (Å²) in [4.78, 5) is 11.3. The Bertz CT molecular complexity index is 167. The van der Waals surface area contributed by atoms with Crippen LogP contribution in [0.5, 0.6) is 0 Å². The lowest BCUT2D eigenvalue weighted by Crippen LogP contribution is -2.35. The molecular formula is C11H23NO. The molecule has 0 aromatic carbocycles. The minimum absolute atomic E-state index is 0.0900. The van der Waals surface area contributed by atoms with E-state index in [0.29, 0.717) is 5.92 Å². The molecule has 0 aromatic rings. The van der Waals surface area contributed by atoms with Crippen LogP contribution in [0.4, 0.5) is 0 Å². The van der Waals surface area contributed by atoms with Gasteiger partial charge in [0.2, 0.25) is 5.91 Å². The van der Waals surface area contributed by atoms with E-state index in [2.05, 4.69) is 33.0 Å². The van der Waals surface area contributed by atoms with Gasteiger partial charge in [-0.05, 0) is 11.3 Å². The summed E-state index contributed by atoms with van der Waals surface area (Å²) >= 11 is 0. The molecule has 0 heterocycles. The van der Waals surface area contributed by atoms with Crippen LogP contribution in [-0.4, -0.2) is 12.5 Å². The topological polar surface area (TPSA) is 29.1 Å². The van der Waals surface area contributed by atoms with E-state index in [0.717, 1.165) is 6.54 Å². The largest absolute Gasteiger partial charge is 0.356 e. The van der Waals surface area contributed by atoms with Crippen molar-refractivity contribution in [2.24, 2.45) is 17.3 Å². The molecule has 0 aliphatic heterocycles. The van der Waals surface area contributed by atoms with Crippen LogP contribution in [-0.2, 0) is 4.79 Å². The van der Waals surface area contributed by atoms with Gasteiger partial charge in [-0.15, -0.1) is 0 Å². The number of amides is 1. The highest BCUT2D eigenvalue weighted by Crippen LogP contribution is 2.24. The second kappa shape index (κ2) is 4.64. The van der Waals surface area contributed by atoms with Crippen LogP contribution in [0, 0.1) is 17.3 Å². The molecule has 1 amide bonds. The van der Waals surface area contributed by atoms with E-state index in [4.69, 9.17) is 0 Å². The first-order valence-electron chi connectivity index (χ1n) is 5.03. The first kappa shape index (κ1) is 12.5. The second-order valence-corrected chi connectivity index (χ2v) is 5.17. The van der Waals surface area contributed by atoms with Gasteiger partial charge in [0.1, 0.15) is 0 Å². The fourth-order valence-corrected chi connectivity index (χ4v) is 0.764. The van der Waals surface area contributed by atoms with Crippen LogP contribution in [0.3, 0.4) is 0 Å². The van der Waals surface area contributed by atoms with Gasteiger partial charge in [0.15, 0.2) is 0 Å². The summed E-state index contributed by atoms with van der Waals surface area (Å²) < 4.78 is 0. The minimum atomic E-state index is 0.0900. The summed E-state index contributed by atoms with van der Waals surface area (Å²) in [5.41, 5.74) is 0.268. The lowest BCUT2D eigenvalue weighted by atomic mass is 9.82. The highest BCUT2D eigenvalue weighted by Gasteiger charge is 2.20. The van der Waals surface area contributed by atoms with E-state index in [1.54, 1.807) is 0 Å². The van der Waals surface area contributed by atoms with Crippen LogP contribution < -0.4 is 5.32 Å². The third-order valence-electron chi connectivity index (χ3n) is 2.59. The summed E-state index contributed by atoms with van der Waals surface area (Å²) in [5.74, 6) is 0.749. The average Bonchev–Trinajstić information content (AvgIpc) is 1.97. The third-order valence-corrected chi connectivity index (χ3v) is 2.59. The molecular weight excluding hydrogens is 162 g/mol. The summed E-state index contributed by atoms with van der Waals surface area (Å²) in [7, 11) is 0. The monoisotopic (exact) mass is 185 g/mol. The fraction of sp³-hybridized carbons (Fsp3) is 0.909. The van der Waals surface area contributed by atoms with Gasteiger partial charge in [-0.2, -0.15) is 0 Å². The molecule has 2 heteroatoms. The molecule has 1 N–H and O–H groups in total.